The number of hydrogen-bond donors (Lipinski definition) is 1. The van der Waals surface area contributed by atoms with Crippen LogP contribution in [0.2, 0.25) is 0 Å². The number of oxazole rings is 1. The Labute approximate surface area is 109 Å². The highest BCUT2D eigenvalue weighted by Crippen LogP contribution is 2.17. The lowest BCUT2D eigenvalue weighted by molar-refractivity contribution is 0.505. The first-order chi connectivity index (χ1) is 8.19. The molecular formula is C13H15BrN2O. The summed E-state index contributed by atoms with van der Waals surface area (Å²) >= 11 is 3.45. The summed E-state index contributed by atoms with van der Waals surface area (Å²) in [5.41, 5.74) is 2.13. The van der Waals surface area contributed by atoms with Gasteiger partial charge in [0.2, 0.25) is 0 Å². The standard InChI is InChI=1S/C13H15BrN2O/c1-9(15-2)12-8-17-13(16-12)7-10-4-3-5-11(14)6-10/h3-6,8-9,15H,7H2,1-2H3. The van der Waals surface area contributed by atoms with E-state index in [9.17, 15) is 0 Å². The van der Waals surface area contributed by atoms with Crippen molar-refractivity contribution in [1.82, 2.24) is 10.3 Å². The maximum absolute atomic E-state index is 5.46. The molecule has 1 aromatic carbocycles. The normalized spacial score (nSPS) is 12.6. The number of benzene rings is 1. The van der Waals surface area contributed by atoms with E-state index in [1.165, 1.54) is 5.56 Å². The van der Waals surface area contributed by atoms with Gasteiger partial charge in [-0.05, 0) is 31.7 Å². The van der Waals surface area contributed by atoms with Gasteiger partial charge in [-0.3, -0.25) is 0 Å². The molecule has 1 heterocycles. The first-order valence-electron chi connectivity index (χ1n) is 5.55. The van der Waals surface area contributed by atoms with Gasteiger partial charge in [0.25, 0.3) is 0 Å². The lowest BCUT2D eigenvalue weighted by Gasteiger charge is -2.03. The summed E-state index contributed by atoms with van der Waals surface area (Å²) in [6.45, 7) is 2.06. The summed E-state index contributed by atoms with van der Waals surface area (Å²) in [6.07, 6.45) is 2.43. The van der Waals surface area contributed by atoms with Crippen LogP contribution in [0.15, 0.2) is 39.4 Å². The van der Waals surface area contributed by atoms with E-state index in [1.807, 2.05) is 19.2 Å². The Bertz CT molecular complexity index is 496. The van der Waals surface area contributed by atoms with Gasteiger partial charge in [0, 0.05) is 16.9 Å². The van der Waals surface area contributed by atoms with Gasteiger partial charge in [0.15, 0.2) is 5.89 Å². The predicted octanol–water partition coefficient (Wildman–Crippen LogP) is 3.31. The number of nitrogens with zero attached hydrogens (tertiary/aromatic N) is 1. The van der Waals surface area contributed by atoms with Gasteiger partial charge in [-0.25, -0.2) is 4.98 Å². The molecule has 0 saturated heterocycles. The second kappa shape index (κ2) is 5.47. The van der Waals surface area contributed by atoms with Crippen LogP contribution in [-0.4, -0.2) is 12.0 Å². The molecule has 2 aromatic rings. The van der Waals surface area contributed by atoms with Crippen LogP contribution in [0, 0.1) is 0 Å². The van der Waals surface area contributed by atoms with E-state index in [0.717, 1.165) is 22.5 Å². The van der Waals surface area contributed by atoms with Gasteiger partial charge in [-0.15, -0.1) is 0 Å². The molecule has 0 fully saturated rings. The smallest absolute Gasteiger partial charge is 0.198 e. The highest BCUT2D eigenvalue weighted by molar-refractivity contribution is 9.10. The second-order valence-electron chi connectivity index (χ2n) is 3.98. The summed E-state index contributed by atoms with van der Waals surface area (Å²) in [5, 5.41) is 3.14. The highest BCUT2D eigenvalue weighted by atomic mass is 79.9. The SMILES string of the molecule is CNC(C)c1coc(Cc2cccc(Br)c2)n1. The zero-order chi connectivity index (χ0) is 12.3. The van der Waals surface area contributed by atoms with Crippen molar-refractivity contribution in [2.24, 2.45) is 0 Å². The van der Waals surface area contributed by atoms with E-state index < -0.39 is 0 Å². The zero-order valence-electron chi connectivity index (χ0n) is 9.90. The van der Waals surface area contributed by atoms with Crippen molar-refractivity contribution in [1.29, 1.82) is 0 Å². The van der Waals surface area contributed by atoms with E-state index in [1.54, 1.807) is 6.26 Å². The molecule has 1 aromatic heterocycles. The Kier molecular flexibility index (Phi) is 3.97. The average Bonchev–Trinajstić information content (AvgIpc) is 2.76. The van der Waals surface area contributed by atoms with Crippen LogP contribution in [0.1, 0.15) is 30.1 Å². The van der Waals surface area contributed by atoms with Crippen LogP contribution in [-0.2, 0) is 6.42 Å². The van der Waals surface area contributed by atoms with Crippen molar-refractivity contribution in [2.45, 2.75) is 19.4 Å². The topological polar surface area (TPSA) is 38.1 Å². The third kappa shape index (κ3) is 3.17. The molecule has 3 nitrogen and oxygen atoms in total. The molecule has 0 amide bonds. The van der Waals surface area contributed by atoms with Gasteiger partial charge in [-0.1, -0.05) is 28.1 Å². The fraction of sp³-hybridized carbons (Fsp3) is 0.308. The van der Waals surface area contributed by atoms with Crippen molar-refractivity contribution in [3.05, 3.63) is 52.1 Å². The van der Waals surface area contributed by atoms with Crippen LogP contribution in [0.3, 0.4) is 0 Å². The minimum absolute atomic E-state index is 0.218. The molecule has 90 valence electrons. The average molecular weight is 295 g/mol. The Morgan fingerprint density at radius 3 is 3.00 bits per heavy atom. The van der Waals surface area contributed by atoms with Crippen molar-refractivity contribution < 1.29 is 4.42 Å². The van der Waals surface area contributed by atoms with Gasteiger partial charge >= 0.3 is 0 Å². The molecule has 0 aliphatic carbocycles. The van der Waals surface area contributed by atoms with Gasteiger partial charge < -0.3 is 9.73 Å². The van der Waals surface area contributed by atoms with Crippen LogP contribution in [0.4, 0.5) is 0 Å². The first-order valence-corrected chi connectivity index (χ1v) is 6.34. The molecule has 4 heteroatoms. The van der Waals surface area contributed by atoms with E-state index in [0.29, 0.717) is 0 Å². The Morgan fingerprint density at radius 1 is 1.47 bits per heavy atom. The highest BCUT2D eigenvalue weighted by Gasteiger charge is 2.09. The quantitative estimate of drug-likeness (QED) is 0.940. The van der Waals surface area contributed by atoms with Crippen LogP contribution in [0.5, 0.6) is 0 Å². The minimum atomic E-state index is 0.218. The third-order valence-corrected chi connectivity index (χ3v) is 3.18. The molecule has 1 atom stereocenters. The van der Waals surface area contributed by atoms with Crippen molar-refractivity contribution in [3.63, 3.8) is 0 Å². The van der Waals surface area contributed by atoms with E-state index in [4.69, 9.17) is 4.42 Å². The van der Waals surface area contributed by atoms with Gasteiger partial charge in [0.1, 0.15) is 6.26 Å². The molecule has 2 rings (SSSR count). The first kappa shape index (κ1) is 12.3. The molecule has 17 heavy (non-hydrogen) atoms. The molecule has 0 saturated carbocycles. The van der Waals surface area contributed by atoms with Crippen molar-refractivity contribution in [3.8, 4) is 0 Å². The number of nitrogens with one attached hydrogen (secondary N) is 1. The molecule has 1 N–H and O–H groups in total. The molecule has 0 aliphatic rings. The molecule has 0 spiro atoms. The van der Waals surface area contributed by atoms with Crippen LogP contribution < -0.4 is 5.32 Å². The maximum atomic E-state index is 5.46. The summed E-state index contributed by atoms with van der Waals surface area (Å²) in [7, 11) is 1.91. The van der Waals surface area contributed by atoms with Crippen LogP contribution >= 0.6 is 15.9 Å². The lowest BCUT2D eigenvalue weighted by atomic mass is 10.1. The molecular weight excluding hydrogens is 280 g/mol. The minimum Gasteiger partial charge on any atom is -0.448 e. The number of rotatable bonds is 4. The fourth-order valence-electron chi connectivity index (χ4n) is 1.57. The Balaban J connectivity index is 2.11. The summed E-state index contributed by atoms with van der Waals surface area (Å²) in [4.78, 5) is 4.46. The van der Waals surface area contributed by atoms with Crippen molar-refractivity contribution in [2.75, 3.05) is 7.05 Å². The third-order valence-electron chi connectivity index (χ3n) is 2.69. The molecule has 0 aliphatic heterocycles. The molecule has 1 unspecified atom stereocenters. The maximum Gasteiger partial charge on any atom is 0.198 e. The van der Waals surface area contributed by atoms with Gasteiger partial charge in [0.05, 0.1) is 5.69 Å². The van der Waals surface area contributed by atoms with E-state index in [-0.39, 0.29) is 6.04 Å². The second-order valence-corrected chi connectivity index (χ2v) is 4.90. The van der Waals surface area contributed by atoms with E-state index in [2.05, 4.69) is 45.3 Å². The largest absolute Gasteiger partial charge is 0.448 e. The monoisotopic (exact) mass is 294 g/mol. The van der Waals surface area contributed by atoms with Crippen molar-refractivity contribution >= 4 is 15.9 Å². The lowest BCUT2D eigenvalue weighted by Crippen LogP contribution is -2.12. The number of aromatic nitrogens is 1. The molecule has 0 radical (unpaired) electrons. The van der Waals surface area contributed by atoms with Crippen LogP contribution in [0.25, 0.3) is 0 Å². The summed E-state index contributed by atoms with van der Waals surface area (Å²) in [5.74, 6) is 0.750. The predicted molar refractivity (Wildman–Crippen MR) is 70.9 cm³/mol. The van der Waals surface area contributed by atoms with Gasteiger partial charge in [-0.2, -0.15) is 0 Å². The fourth-order valence-corrected chi connectivity index (χ4v) is 2.02. The van der Waals surface area contributed by atoms with E-state index >= 15 is 0 Å². The summed E-state index contributed by atoms with van der Waals surface area (Å²) < 4.78 is 6.54. The zero-order valence-corrected chi connectivity index (χ0v) is 11.5. The number of hydrogen-bond acceptors (Lipinski definition) is 3. The molecule has 0 bridgehead atoms. The number of halogens is 1. The summed E-state index contributed by atoms with van der Waals surface area (Å²) in [6, 6.07) is 8.38. The Morgan fingerprint density at radius 2 is 2.29 bits per heavy atom. The Hall–Kier alpha value is -1.13.